The third kappa shape index (κ3) is 6.01. The van der Waals surface area contributed by atoms with Crippen LogP contribution in [0.3, 0.4) is 0 Å². The molecule has 0 heterocycles. The second-order valence-electron chi connectivity index (χ2n) is 6.10. The molecule has 0 radical (unpaired) electrons. The zero-order valence-electron chi connectivity index (χ0n) is 14.7. The molecule has 146 valence electrons. The van der Waals surface area contributed by atoms with Gasteiger partial charge in [0, 0.05) is 6.54 Å². The Kier molecular flexibility index (Phi) is 7.40. The van der Waals surface area contributed by atoms with E-state index < -0.39 is 22.5 Å². The first kappa shape index (κ1) is 21.8. The van der Waals surface area contributed by atoms with E-state index in [2.05, 4.69) is 5.32 Å². The van der Waals surface area contributed by atoms with Gasteiger partial charge in [-0.3, -0.25) is 9.10 Å². The lowest BCUT2D eigenvalue weighted by atomic mass is 10.0. The number of carbonyl (C=O) groups excluding carboxylic acids is 1. The van der Waals surface area contributed by atoms with Crippen LogP contribution in [0.4, 0.5) is 5.69 Å². The Balaban J connectivity index is 2.13. The van der Waals surface area contributed by atoms with Gasteiger partial charge >= 0.3 is 0 Å². The van der Waals surface area contributed by atoms with Gasteiger partial charge in [0.1, 0.15) is 6.54 Å². The van der Waals surface area contributed by atoms with Crippen LogP contribution in [0.25, 0.3) is 0 Å². The minimum atomic E-state index is -3.77. The molecule has 1 atom stereocenters. The lowest BCUT2D eigenvalue weighted by Crippen LogP contribution is -2.41. The van der Waals surface area contributed by atoms with E-state index in [4.69, 9.17) is 34.8 Å². The van der Waals surface area contributed by atoms with Gasteiger partial charge in [-0.1, -0.05) is 72.1 Å². The molecule has 0 aliphatic rings. The first-order valence-corrected chi connectivity index (χ1v) is 11.0. The molecule has 0 fully saturated rings. The molecular weight excluding hydrogens is 431 g/mol. The van der Waals surface area contributed by atoms with E-state index in [1.54, 1.807) is 0 Å². The fourth-order valence-electron chi connectivity index (χ4n) is 2.44. The second kappa shape index (κ2) is 9.15. The van der Waals surface area contributed by atoms with Gasteiger partial charge in [0.25, 0.3) is 0 Å². The number of amides is 1. The van der Waals surface area contributed by atoms with Crippen molar-refractivity contribution in [3.63, 3.8) is 0 Å². The van der Waals surface area contributed by atoms with Crippen LogP contribution in [0, 0.1) is 0 Å². The number of halogens is 3. The number of anilines is 1. The molecule has 0 spiro atoms. The fraction of sp³-hybridized carbons (Fsp3) is 0.278. The molecule has 0 aliphatic carbocycles. The van der Waals surface area contributed by atoms with Crippen LogP contribution in [0.2, 0.25) is 15.1 Å². The van der Waals surface area contributed by atoms with Gasteiger partial charge in [-0.05, 0) is 23.6 Å². The molecule has 9 heteroatoms. The van der Waals surface area contributed by atoms with Crippen molar-refractivity contribution in [2.24, 2.45) is 0 Å². The molecule has 0 saturated heterocycles. The Morgan fingerprint density at radius 2 is 1.67 bits per heavy atom. The smallest absolute Gasteiger partial charge is 0.240 e. The van der Waals surface area contributed by atoms with E-state index in [0.717, 1.165) is 16.1 Å². The summed E-state index contributed by atoms with van der Waals surface area (Å²) in [5.41, 5.74) is 1.17. The lowest BCUT2D eigenvalue weighted by Gasteiger charge is -2.24. The number of carbonyl (C=O) groups is 1. The molecule has 1 N–H and O–H groups in total. The number of nitrogens with one attached hydrogen (secondary N) is 1. The van der Waals surface area contributed by atoms with Gasteiger partial charge in [0.2, 0.25) is 15.9 Å². The number of hydrogen-bond donors (Lipinski definition) is 1. The SMILES string of the molecule is C[C@@H](CNC(=O)CN(c1cc(Cl)c(Cl)cc1Cl)S(C)(=O)=O)c1ccccc1. The van der Waals surface area contributed by atoms with Crippen molar-refractivity contribution >= 4 is 56.4 Å². The summed E-state index contributed by atoms with van der Waals surface area (Å²) in [6, 6.07) is 12.4. The molecule has 2 aromatic carbocycles. The second-order valence-corrected chi connectivity index (χ2v) is 9.23. The molecule has 2 rings (SSSR count). The van der Waals surface area contributed by atoms with Gasteiger partial charge in [0.15, 0.2) is 0 Å². The van der Waals surface area contributed by atoms with Gasteiger partial charge in [-0.2, -0.15) is 0 Å². The maximum Gasteiger partial charge on any atom is 0.240 e. The zero-order chi connectivity index (χ0) is 20.2. The molecule has 0 saturated carbocycles. The van der Waals surface area contributed by atoms with Gasteiger partial charge in [-0.25, -0.2) is 8.42 Å². The van der Waals surface area contributed by atoms with Crippen LogP contribution >= 0.6 is 34.8 Å². The number of benzene rings is 2. The van der Waals surface area contributed by atoms with Crippen LogP contribution in [-0.2, 0) is 14.8 Å². The van der Waals surface area contributed by atoms with E-state index in [0.29, 0.717) is 6.54 Å². The van der Waals surface area contributed by atoms with Crippen molar-refractivity contribution in [3.05, 3.63) is 63.1 Å². The Morgan fingerprint density at radius 3 is 2.26 bits per heavy atom. The third-order valence-electron chi connectivity index (χ3n) is 3.92. The number of sulfonamides is 1. The van der Waals surface area contributed by atoms with Gasteiger partial charge in [0.05, 0.1) is 27.0 Å². The quantitative estimate of drug-likeness (QED) is 0.640. The Hall–Kier alpha value is -1.47. The van der Waals surface area contributed by atoms with Crippen molar-refractivity contribution in [1.82, 2.24) is 5.32 Å². The minimum absolute atomic E-state index is 0.0791. The molecule has 0 aliphatic heterocycles. The molecule has 5 nitrogen and oxygen atoms in total. The molecule has 0 unspecified atom stereocenters. The Morgan fingerprint density at radius 1 is 1.07 bits per heavy atom. The molecule has 2 aromatic rings. The normalized spacial score (nSPS) is 12.5. The monoisotopic (exact) mass is 448 g/mol. The highest BCUT2D eigenvalue weighted by atomic mass is 35.5. The largest absolute Gasteiger partial charge is 0.354 e. The van der Waals surface area contributed by atoms with E-state index in [1.165, 1.54) is 12.1 Å². The number of hydrogen-bond acceptors (Lipinski definition) is 3. The fourth-order valence-corrected chi connectivity index (χ4v) is 3.99. The number of rotatable bonds is 7. The van der Waals surface area contributed by atoms with Gasteiger partial charge < -0.3 is 5.32 Å². The summed E-state index contributed by atoms with van der Waals surface area (Å²) in [6.45, 7) is 1.92. The van der Waals surface area contributed by atoms with E-state index in [-0.39, 0.29) is 26.7 Å². The summed E-state index contributed by atoms with van der Waals surface area (Å²) in [5, 5.41) is 3.17. The summed E-state index contributed by atoms with van der Waals surface area (Å²) in [4.78, 5) is 12.4. The predicted molar refractivity (Wildman–Crippen MR) is 112 cm³/mol. The van der Waals surface area contributed by atoms with E-state index in [1.807, 2.05) is 37.3 Å². The maximum absolute atomic E-state index is 12.4. The summed E-state index contributed by atoms with van der Waals surface area (Å²) >= 11 is 18.0. The first-order chi connectivity index (χ1) is 12.6. The topological polar surface area (TPSA) is 66.5 Å². The van der Waals surface area contributed by atoms with Crippen LogP contribution in [0.1, 0.15) is 18.4 Å². The number of nitrogens with zero attached hydrogens (tertiary/aromatic N) is 1. The predicted octanol–water partition coefficient (Wildman–Crippen LogP) is 4.33. The lowest BCUT2D eigenvalue weighted by molar-refractivity contribution is -0.119. The Labute approximate surface area is 174 Å². The van der Waals surface area contributed by atoms with Crippen molar-refractivity contribution < 1.29 is 13.2 Å². The highest BCUT2D eigenvalue weighted by molar-refractivity contribution is 7.92. The minimum Gasteiger partial charge on any atom is -0.354 e. The molecule has 1 amide bonds. The highest BCUT2D eigenvalue weighted by Gasteiger charge is 2.24. The first-order valence-electron chi connectivity index (χ1n) is 8.03. The third-order valence-corrected chi connectivity index (χ3v) is 6.07. The van der Waals surface area contributed by atoms with Crippen molar-refractivity contribution in [2.75, 3.05) is 23.7 Å². The summed E-state index contributed by atoms with van der Waals surface area (Å²) in [5.74, 6) is -0.374. The maximum atomic E-state index is 12.4. The average Bonchev–Trinajstić information content (AvgIpc) is 2.61. The van der Waals surface area contributed by atoms with Crippen LogP contribution in [0.5, 0.6) is 0 Å². The van der Waals surface area contributed by atoms with Crippen LogP contribution in [0.15, 0.2) is 42.5 Å². The zero-order valence-corrected chi connectivity index (χ0v) is 17.8. The summed E-state index contributed by atoms with van der Waals surface area (Å²) in [6.07, 6.45) is 0.992. The molecular formula is C18H19Cl3N2O3S. The highest BCUT2D eigenvalue weighted by Crippen LogP contribution is 2.35. The van der Waals surface area contributed by atoms with Crippen LogP contribution < -0.4 is 9.62 Å². The Bertz CT molecular complexity index is 921. The molecule has 0 bridgehead atoms. The van der Waals surface area contributed by atoms with E-state index >= 15 is 0 Å². The summed E-state index contributed by atoms with van der Waals surface area (Å²) in [7, 11) is -3.77. The van der Waals surface area contributed by atoms with Crippen molar-refractivity contribution in [2.45, 2.75) is 12.8 Å². The summed E-state index contributed by atoms with van der Waals surface area (Å²) < 4.78 is 25.3. The van der Waals surface area contributed by atoms with E-state index in [9.17, 15) is 13.2 Å². The van der Waals surface area contributed by atoms with Crippen LogP contribution in [-0.4, -0.2) is 33.7 Å². The molecule has 27 heavy (non-hydrogen) atoms. The van der Waals surface area contributed by atoms with Crippen molar-refractivity contribution in [3.8, 4) is 0 Å². The van der Waals surface area contributed by atoms with Crippen molar-refractivity contribution in [1.29, 1.82) is 0 Å². The van der Waals surface area contributed by atoms with Gasteiger partial charge in [-0.15, -0.1) is 0 Å². The average molecular weight is 450 g/mol. The standard InChI is InChI=1S/C18H19Cl3N2O3S/c1-12(13-6-4-3-5-7-13)10-22-18(24)11-23(27(2,25)26)17-9-15(20)14(19)8-16(17)21/h3-9,12H,10-11H2,1-2H3,(H,22,24)/t12-/m0/s1. The molecule has 0 aromatic heterocycles.